The number of fused-ring (bicyclic) bond motifs is 1. The average molecular weight is 632 g/mol. The van der Waals surface area contributed by atoms with E-state index in [-0.39, 0.29) is 32.0 Å². The maximum atomic E-state index is 14.3. The van der Waals surface area contributed by atoms with Gasteiger partial charge in [-0.3, -0.25) is 9.36 Å². The Morgan fingerprint density at radius 3 is 2.05 bits per heavy atom. The van der Waals surface area contributed by atoms with Crippen LogP contribution in [0.5, 0.6) is 0 Å². The van der Waals surface area contributed by atoms with Crippen LogP contribution < -0.4 is 10.0 Å². The second kappa shape index (κ2) is 11.1. The third-order valence-electron chi connectivity index (χ3n) is 7.55. The number of anilines is 1. The van der Waals surface area contributed by atoms with Gasteiger partial charge in [0.25, 0.3) is 5.91 Å². The Balaban J connectivity index is 1.88. The first-order valence-corrected chi connectivity index (χ1v) is 16.4. The number of hydrogen-bond acceptors (Lipinski definition) is 7. The molecule has 0 saturated heterocycles. The molecule has 0 atom stereocenters. The third kappa shape index (κ3) is 5.06. The summed E-state index contributed by atoms with van der Waals surface area (Å²) in [5.41, 5.74) is 2.28. The van der Waals surface area contributed by atoms with Crippen molar-refractivity contribution in [3.8, 4) is 11.1 Å². The molecule has 0 bridgehead atoms. The van der Waals surface area contributed by atoms with Gasteiger partial charge in [0.2, 0.25) is 19.9 Å². The van der Waals surface area contributed by atoms with Crippen molar-refractivity contribution in [2.24, 2.45) is 5.14 Å². The zero-order chi connectivity index (χ0) is 32.1. The lowest BCUT2D eigenvalue weighted by molar-refractivity contribution is 0.0692. The lowest BCUT2D eigenvalue weighted by Gasteiger charge is -2.18. The molecule has 0 radical (unpaired) electrons. The van der Waals surface area contributed by atoms with E-state index in [1.165, 1.54) is 54.0 Å². The van der Waals surface area contributed by atoms with Crippen molar-refractivity contribution in [2.75, 3.05) is 19.0 Å². The van der Waals surface area contributed by atoms with E-state index < -0.39 is 42.2 Å². The Hall–Kier alpha value is -4.78. The monoisotopic (exact) mass is 631 g/mol. The van der Waals surface area contributed by atoms with Crippen molar-refractivity contribution in [3.05, 3.63) is 107 Å². The number of aromatic carboxylic acids is 1. The van der Waals surface area contributed by atoms with Crippen molar-refractivity contribution in [2.45, 2.75) is 28.5 Å². The van der Waals surface area contributed by atoms with Crippen LogP contribution in [0, 0.1) is 13.8 Å². The molecule has 12 heteroatoms. The highest BCUT2D eigenvalue weighted by atomic mass is 32.2. The molecule has 10 nitrogen and oxygen atoms in total. The summed E-state index contributed by atoms with van der Waals surface area (Å²) in [5, 5.41) is 15.4. The van der Waals surface area contributed by atoms with Gasteiger partial charge in [-0.2, -0.15) is 0 Å². The average Bonchev–Trinajstić information content (AvgIpc) is 3.27. The van der Waals surface area contributed by atoms with Crippen LogP contribution in [0.15, 0.2) is 99.6 Å². The Morgan fingerprint density at radius 1 is 0.795 bits per heavy atom. The minimum Gasteiger partial charge on any atom is -0.478 e. The summed E-state index contributed by atoms with van der Waals surface area (Å²) in [6, 6.07) is 21.1. The van der Waals surface area contributed by atoms with Crippen LogP contribution in [0.1, 0.15) is 32.0 Å². The Labute approximate surface area is 254 Å². The Kier molecular flexibility index (Phi) is 7.70. The standard InChI is InChI=1S/C32H29N3O7S2/c1-19-22(12-9-13-26(19)34(3)4)31(36)35-20(2)30(43(39,40)28-14-7-6-11-24(28)32(37)38)25-18-21(16-17-27(25)35)23-10-5-8-15-29(23)44(33,41)42/h5-18H,1-4H3,(H,37,38)(H2,33,41,42). The number of hydrogen-bond donors (Lipinski definition) is 2. The van der Waals surface area contributed by atoms with Gasteiger partial charge in [-0.05, 0) is 67.4 Å². The maximum absolute atomic E-state index is 14.3. The minimum absolute atomic E-state index is 0.0664. The van der Waals surface area contributed by atoms with Crippen molar-refractivity contribution < 1.29 is 31.5 Å². The topological polar surface area (TPSA) is 157 Å². The molecule has 4 aromatic carbocycles. The summed E-state index contributed by atoms with van der Waals surface area (Å²) in [6.45, 7) is 3.28. The van der Waals surface area contributed by atoms with Crippen molar-refractivity contribution in [3.63, 3.8) is 0 Å². The molecular weight excluding hydrogens is 603 g/mol. The maximum Gasteiger partial charge on any atom is 0.337 e. The van der Waals surface area contributed by atoms with E-state index in [2.05, 4.69) is 0 Å². The van der Waals surface area contributed by atoms with E-state index >= 15 is 0 Å². The van der Waals surface area contributed by atoms with Gasteiger partial charge in [-0.15, -0.1) is 0 Å². The van der Waals surface area contributed by atoms with Crippen LogP contribution in [0.3, 0.4) is 0 Å². The SMILES string of the molecule is Cc1c(C(=O)n2c(C)c(S(=O)(=O)c3ccccc3C(=O)O)c3cc(-c4ccccc4S(N)(=O)=O)ccc32)cccc1N(C)C. The molecule has 0 unspecified atom stereocenters. The highest BCUT2D eigenvalue weighted by Gasteiger charge is 2.33. The predicted molar refractivity (Wildman–Crippen MR) is 168 cm³/mol. The summed E-state index contributed by atoms with van der Waals surface area (Å²) in [7, 11) is -5.00. The first-order valence-electron chi connectivity index (χ1n) is 13.3. The Bertz CT molecular complexity index is 2220. The number of primary sulfonamides is 1. The fraction of sp³-hybridized carbons (Fsp3) is 0.125. The van der Waals surface area contributed by atoms with Gasteiger partial charge in [-0.1, -0.05) is 42.5 Å². The number of rotatable bonds is 7. The molecule has 1 aromatic heterocycles. The van der Waals surface area contributed by atoms with E-state index in [0.717, 1.165) is 5.69 Å². The molecule has 0 fully saturated rings. The zero-order valence-electron chi connectivity index (χ0n) is 24.3. The number of nitrogens with two attached hydrogens (primary N) is 1. The first kappa shape index (κ1) is 30.7. The van der Waals surface area contributed by atoms with Gasteiger partial charge in [0.05, 0.1) is 20.9 Å². The molecule has 0 aliphatic rings. The van der Waals surface area contributed by atoms with Crippen LogP contribution in [0.25, 0.3) is 22.0 Å². The molecule has 0 amide bonds. The van der Waals surface area contributed by atoms with Crippen molar-refractivity contribution in [1.82, 2.24) is 4.57 Å². The fourth-order valence-corrected chi connectivity index (χ4v) is 8.18. The summed E-state index contributed by atoms with van der Waals surface area (Å²) in [4.78, 5) is 27.3. The number of carbonyl (C=O) groups excluding carboxylic acids is 1. The van der Waals surface area contributed by atoms with Crippen LogP contribution in [-0.2, 0) is 19.9 Å². The molecule has 0 aliphatic carbocycles. The summed E-state index contributed by atoms with van der Waals surface area (Å²) in [6.07, 6.45) is 0. The predicted octanol–water partition coefficient (Wildman–Crippen LogP) is 4.86. The first-order chi connectivity index (χ1) is 20.7. The smallest absolute Gasteiger partial charge is 0.337 e. The van der Waals surface area contributed by atoms with Crippen molar-refractivity contribution >= 4 is 48.3 Å². The number of benzene rings is 4. The quantitative estimate of drug-likeness (QED) is 0.258. The molecule has 0 aliphatic heterocycles. The van der Waals surface area contributed by atoms with Crippen LogP contribution in [0.4, 0.5) is 5.69 Å². The van der Waals surface area contributed by atoms with Gasteiger partial charge in [0, 0.05) is 42.0 Å². The number of carboxylic acids is 1. The Morgan fingerprint density at radius 2 is 1.41 bits per heavy atom. The van der Waals surface area contributed by atoms with E-state index in [9.17, 15) is 31.5 Å². The third-order valence-corrected chi connectivity index (χ3v) is 10.5. The van der Waals surface area contributed by atoms with Crippen molar-refractivity contribution in [1.29, 1.82) is 0 Å². The van der Waals surface area contributed by atoms with Crippen LogP contribution >= 0.6 is 0 Å². The minimum atomic E-state index is -4.54. The molecule has 3 N–H and O–H groups in total. The number of sulfonamides is 1. The largest absolute Gasteiger partial charge is 0.478 e. The van der Waals surface area contributed by atoms with Gasteiger partial charge >= 0.3 is 5.97 Å². The van der Waals surface area contributed by atoms with Gasteiger partial charge in [-0.25, -0.2) is 26.8 Å². The van der Waals surface area contributed by atoms with Crippen LogP contribution in [-0.4, -0.2) is 52.5 Å². The summed E-state index contributed by atoms with van der Waals surface area (Å²) in [5.74, 6) is -1.92. The lowest BCUT2D eigenvalue weighted by atomic mass is 10.0. The van der Waals surface area contributed by atoms with Crippen LogP contribution in [0.2, 0.25) is 0 Å². The molecule has 5 aromatic rings. The molecule has 44 heavy (non-hydrogen) atoms. The summed E-state index contributed by atoms with van der Waals surface area (Å²) >= 11 is 0. The highest BCUT2D eigenvalue weighted by molar-refractivity contribution is 7.92. The molecule has 0 saturated carbocycles. The lowest BCUT2D eigenvalue weighted by Crippen LogP contribution is -2.18. The normalized spacial score (nSPS) is 11.9. The zero-order valence-corrected chi connectivity index (χ0v) is 25.9. The number of carbonyl (C=O) groups is 2. The molecule has 1 heterocycles. The van der Waals surface area contributed by atoms with Gasteiger partial charge in [0.15, 0.2) is 0 Å². The number of carboxylic acid groups (broad SMARTS) is 1. The van der Waals surface area contributed by atoms with Gasteiger partial charge in [0.1, 0.15) is 4.90 Å². The molecular formula is C32H29N3O7S2. The van der Waals surface area contributed by atoms with E-state index in [4.69, 9.17) is 5.14 Å². The number of sulfone groups is 1. The van der Waals surface area contributed by atoms with E-state index in [1.54, 1.807) is 43.3 Å². The van der Waals surface area contributed by atoms with Gasteiger partial charge < -0.3 is 10.0 Å². The second-order valence-electron chi connectivity index (χ2n) is 10.5. The summed E-state index contributed by atoms with van der Waals surface area (Å²) < 4.78 is 54.8. The number of nitrogens with zero attached hydrogens (tertiary/aromatic N) is 2. The number of aromatic nitrogens is 1. The fourth-order valence-electron chi connectivity index (χ4n) is 5.56. The second-order valence-corrected chi connectivity index (χ2v) is 13.9. The molecule has 0 spiro atoms. The molecule has 5 rings (SSSR count). The molecule has 226 valence electrons. The highest BCUT2D eigenvalue weighted by Crippen LogP contribution is 2.39. The van der Waals surface area contributed by atoms with E-state index in [1.807, 2.05) is 25.1 Å². The van der Waals surface area contributed by atoms with E-state index in [0.29, 0.717) is 16.7 Å².